The molecule has 5 N–H and O–H groups in total. The van der Waals surface area contributed by atoms with E-state index in [1.165, 1.54) is 12.1 Å². The predicted octanol–water partition coefficient (Wildman–Crippen LogP) is 4.06. The number of hydrogen-bond donors (Lipinski definition) is 5. The van der Waals surface area contributed by atoms with Gasteiger partial charge >= 0.3 is 17.9 Å². The number of anilines is 3. The highest BCUT2D eigenvalue weighted by atomic mass is 19.1. The largest absolute Gasteiger partial charge is 0.481 e. The number of fused-ring (bicyclic) bond motifs is 1. The molecule has 1 aromatic carbocycles. The smallest absolute Gasteiger partial charge is 0.303 e. The zero-order valence-electron chi connectivity index (χ0n) is 26.2. The Morgan fingerprint density at radius 3 is 2.57 bits per heavy atom. The van der Waals surface area contributed by atoms with E-state index in [1.54, 1.807) is 6.07 Å². The van der Waals surface area contributed by atoms with Crippen molar-refractivity contribution >= 4 is 35.4 Å². The highest BCUT2D eigenvalue weighted by Crippen LogP contribution is 2.41. The summed E-state index contributed by atoms with van der Waals surface area (Å²) in [6.45, 7) is 5.33. The maximum absolute atomic E-state index is 14.8. The Morgan fingerprint density at radius 1 is 1.15 bits per heavy atom. The quantitative estimate of drug-likeness (QED) is 0.219. The fourth-order valence-corrected chi connectivity index (χ4v) is 7.44. The number of aromatic nitrogens is 2. The maximum Gasteiger partial charge on any atom is 0.303 e. The molecule has 3 aliphatic rings. The third kappa shape index (κ3) is 8.06. The van der Waals surface area contributed by atoms with Crippen LogP contribution in [0.5, 0.6) is 5.75 Å². The molecule has 0 aliphatic carbocycles. The zero-order chi connectivity index (χ0) is 33.9. The number of hydrogen-bond acceptors (Lipinski definition) is 11. The van der Waals surface area contributed by atoms with E-state index in [0.717, 1.165) is 38.4 Å². The molecule has 0 radical (unpaired) electrons. The van der Waals surface area contributed by atoms with Crippen LogP contribution < -0.4 is 15.4 Å². The summed E-state index contributed by atoms with van der Waals surface area (Å²) in [6, 6.07) is 6.96. The van der Waals surface area contributed by atoms with E-state index < -0.39 is 67.0 Å². The van der Waals surface area contributed by atoms with E-state index in [0.29, 0.717) is 11.7 Å². The van der Waals surface area contributed by atoms with Crippen molar-refractivity contribution in [2.24, 2.45) is 17.8 Å². The lowest BCUT2D eigenvalue weighted by Crippen LogP contribution is -2.55. The van der Waals surface area contributed by atoms with Gasteiger partial charge in [-0.25, -0.2) is 9.37 Å². The highest BCUT2D eigenvalue weighted by molar-refractivity contribution is 5.70. The van der Waals surface area contributed by atoms with Crippen LogP contribution in [0, 0.1) is 34.9 Å². The molecule has 0 amide bonds. The topological polar surface area (TPSA) is 207 Å². The third-order valence-corrected chi connectivity index (χ3v) is 9.38. The van der Waals surface area contributed by atoms with Crippen molar-refractivity contribution in [3.8, 4) is 11.8 Å². The summed E-state index contributed by atoms with van der Waals surface area (Å²) in [5, 5.41) is 44.5. The number of carbonyl (C=O) groups is 3. The molecule has 1 aromatic heterocycles. The second kappa shape index (κ2) is 14.1. The summed E-state index contributed by atoms with van der Waals surface area (Å²) in [6.07, 6.45) is 2.41. The minimum Gasteiger partial charge on any atom is -0.481 e. The minimum absolute atomic E-state index is 0.0210. The number of piperidine rings is 1. The Hall–Kier alpha value is -4.55. The van der Waals surface area contributed by atoms with Crippen molar-refractivity contribution in [3.63, 3.8) is 0 Å². The molecule has 3 saturated heterocycles. The number of nitrogens with zero attached hydrogens (tertiary/aromatic N) is 4. The first-order valence-electron chi connectivity index (χ1n) is 15.6. The lowest BCUT2D eigenvalue weighted by Gasteiger charge is -2.47. The maximum atomic E-state index is 14.8. The van der Waals surface area contributed by atoms with Gasteiger partial charge in [-0.15, -0.1) is 0 Å². The van der Waals surface area contributed by atoms with Crippen LogP contribution in [0.15, 0.2) is 24.4 Å². The average Bonchev–Trinajstić information content (AvgIpc) is 3.47. The van der Waals surface area contributed by atoms with Gasteiger partial charge in [0.15, 0.2) is 11.6 Å². The molecule has 5 rings (SSSR count). The molecule has 3 fully saturated rings. The van der Waals surface area contributed by atoms with Crippen molar-refractivity contribution in [2.45, 2.75) is 82.7 Å². The number of benzene rings is 1. The van der Waals surface area contributed by atoms with Gasteiger partial charge in [0.05, 0.1) is 31.2 Å². The van der Waals surface area contributed by atoms with E-state index in [9.17, 15) is 39.4 Å². The van der Waals surface area contributed by atoms with Crippen LogP contribution in [-0.4, -0.2) is 85.2 Å². The van der Waals surface area contributed by atoms with Gasteiger partial charge in [0.25, 0.3) is 0 Å². The van der Waals surface area contributed by atoms with E-state index in [1.807, 2.05) is 6.07 Å². The van der Waals surface area contributed by atoms with Crippen LogP contribution in [0.4, 0.5) is 21.8 Å². The Labute approximate surface area is 270 Å². The van der Waals surface area contributed by atoms with E-state index >= 15 is 0 Å². The first-order chi connectivity index (χ1) is 22.3. The fraction of sp³-hybridized carbons (Fsp3) is 0.562. The summed E-state index contributed by atoms with van der Waals surface area (Å²) in [4.78, 5) is 45.7. The van der Waals surface area contributed by atoms with Crippen molar-refractivity contribution in [2.75, 3.05) is 23.8 Å². The van der Waals surface area contributed by atoms with Gasteiger partial charge in [0.2, 0.25) is 12.2 Å². The van der Waals surface area contributed by atoms with Gasteiger partial charge in [-0.2, -0.15) is 10.2 Å². The molecule has 6 atom stereocenters. The Bertz CT molecular complexity index is 1550. The average molecular weight is 655 g/mol. The molecule has 0 saturated carbocycles. The lowest BCUT2D eigenvalue weighted by atomic mass is 9.74. The van der Waals surface area contributed by atoms with Crippen LogP contribution in [0.25, 0.3) is 0 Å². The summed E-state index contributed by atoms with van der Waals surface area (Å²) in [5.74, 6) is -6.58. The minimum atomic E-state index is -1.25. The Balaban J connectivity index is 1.31. The normalized spacial score (nSPS) is 26.9. The lowest BCUT2D eigenvalue weighted by molar-refractivity contribution is -0.195. The van der Waals surface area contributed by atoms with Crippen molar-refractivity contribution < 1.29 is 43.6 Å². The zero-order valence-corrected chi connectivity index (χ0v) is 26.2. The number of nitrogens with one attached hydrogen (secondary N) is 2. The number of nitriles is 1. The predicted molar refractivity (Wildman–Crippen MR) is 164 cm³/mol. The molecule has 4 heterocycles. The molecule has 47 heavy (non-hydrogen) atoms. The van der Waals surface area contributed by atoms with Crippen molar-refractivity contribution in [1.82, 2.24) is 14.9 Å². The van der Waals surface area contributed by atoms with Crippen LogP contribution in [0.3, 0.4) is 0 Å². The van der Waals surface area contributed by atoms with Crippen LogP contribution in [0.2, 0.25) is 0 Å². The molecule has 0 spiro atoms. The molecule has 1 unspecified atom stereocenters. The second-order valence-corrected chi connectivity index (χ2v) is 13.1. The molecule has 0 bridgehead atoms. The van der Waals surface area contributed by atoms with Crippen LogP contribution >= 0.6 is 0 Å². The summed E-state index contributed by atoms with van der Waals surface area (Å²) in [7, 11) is 0. The molecular formula is C32H39FN6O8. The highest BCUT2D eigenvalue weighted by Gasteiger charge is 2.45. The van der Waals surface area contributed by atoms with Crippen LogP contribution in [0.1, 0.15) is 64.4 Å². The molecule has 14 nitrogen and oxygen atoms in total. The number of ether oxygens (including phenoxy) is 2. The first-order valence-corrected chi connectivity index (χ1v) is 15.6. The van der Waals surface area contributed by atoms with Crippen LogP contribution in [-0.2, 0) is 19.1 Å². The SMILES string of the molecule is CC1(C)C[C@H](Nc2nc(Nc3ccc(OC4OC[C@H](CC(=O)O)[C@@H](CC(=O)O)[C@@H]4CC(=O)O)c(C#N)c3)ncc2F)C[C@@H]2CCCN21. The molecule has 3 aliphatic heterocycles. The van der Waals surface area contributed by atoms with E-state index in [-0.39, 0.29) is 41.3 Å². The number of halogens is 1. The summed E-state index contributed by atoms with van der Waals surface area (Å²) < 4.78 is 26.5. The van der Waals surface area contributed by atoms with Gasteiger partial charge in [0, 0.05) is 35.6 Å². The number of carboxylic acid groups (broad SMARTS) is 3. The van der Waals surface area contributed by atoms with Crippen molar-refractivity contribution in [3.05, 3.63) is 35.8 Å². The Kier molecular flexibility index (Phi) is 10.1. The number of rotatable bonds is 12. The summed E-state index contributed by atoms with van der Waals surface area (Å²) >= 11 is 0. The second-order valence-electron chi connectivity index (χ2n) is 13.1. The molecule has 252 valence electrons. The molecule has 2 aromatic rings. The Morgan fingerprint density at radius 2 is 1.87 bits per heavy atom. The standard InChI is InChI=1S/C32H39FN6O8/c1-32(2)13-20(10-21-4-3-7-39(21)32)36-29-24(33)15-35-31(38-29)37-19-5-6-25(17(8-19)14-34)47-30-23(12-28(44)45)22(11-27(42)43)18(16-46-30)9-26(40)41/h5-6,8,15,18,20-23,30H,3-4,7,9-13,16H2,1-2H3,(H,40,41)(H,42,43)(H,44,45)(H2,35,36,37,38)/t18-,20+,21-,22+,23-,30?/m0/s1. The fourth-order valence-electron chi connectivity index (χ4n) is 7.44. The molecular weight excluding hydrogens is 615 g/mol. The van der Waals surface area contributed by atoms with Gasteiger partial charge in [-0.3, -0.25) is 19.3 Å². The van der Waals surface area contributed by atoms with Crippen molar-refractivity contribution in [1.29, 1.82) is 5.26 Å². The monoisotopic (exact) mass is 654 g/mol. The van der Waals surface area contributed by atoms with Gasteiger partial charge in [0.1, 0.15) is 11.8 Å². The molecule has 15 heteroatoms. The summed E-state index contributed by atoms with van der Waals surface area (Å²) in [5.41, 5.74) is 0.414. The van der Waals surface area contributed by atoms with E-state index in [4.69, 9.17) is 9.47 Å². The van der Waals surface area contributed by atoms with Gasteiger partial charge in [-0.1, -0.05) is 0 Å². The van der Waals surface area contributed by atoms with Gasteiger partial charge < -0.3 is 35.4 Å². The number of carboxylic acids is 3. The first kappa shape index (κ1) is 33.8. The number of aliphatic carboxylic acids is 3. The third-order valence-electron chi connectivity index (χ3n) is 9.38. The van der Waals surface area contributed by atoms with E-state index in [2.05, 4.69) is 39.3 Å². The van der Waals surface area contributed by atoms with Gasteiger partial charge in [-0.05, 0) is 76.1 Å².